The molecule has 0 radical (unpaired) electrons. The summed E-state index contributed by atoms with van der Waals surface area (Å²) in [5, 5.41) is 12.4. The van der Waals surface area contributed by atoms with Gasteiger partial charge in [0.2, 0.25) is 5.91 Å². The van der Waals surface area contributed by atoms with Crippen molar-refractivity contribution in [2.75, 3.05) is 5.32 Å². The van der Waals surface area contributed by atoms with Gasteiger partial charge in [0.25, 0.3) is 0 Å². The molecule has 2 rings (SSSR count). The zero-order chi connectivity index (χ0) is 15.2. The Labute approximate surface area is 132 Å². The fourth-order valence-electron chi connectivity index (χ4n) is 1.58. The Hall–Kier alpha value is -2.03. The average molecular weight is 318 g/mol. The van der Waals surface area contributed by atoms with E-state index in [4.69, 9.17) is 16.9 Å². The summed E-state index contributed by atoms with van der Waals surface area (Å²) >= 11 is 7.29. The van der Waals surface area contributed by atoms with Gasteiger partial charge in [0.1, 0.15) is 0 Å². The molecule has 0 bridgehead atoms. The van der Waals surface area contributed by atoms with E-state index in [9.17, 15) is 4.79 Å². The number of para-hydroxylation sites is 1. The third kappa shape index (κ3) is 4.22. The van der Waals surface area contributed by atoms with Gasteiger partial charge in [-0.25, -0.2) is 4.98 Å². The van der Waals surface area contributed by atoms with Crippen LogP contribution in [0.25, 0.3) is 0 Å². The number of nitriles is 1. The SMILES string of the molecule is C[C@H](Sc1cc(C#N)ccn1)C(=O)Nc1ccccc1Cl. The van der Waals surface area contributed by atoms with Gasteiger partial charge in [-0.2, -0.15) is 5.26 Å². The quantitative estimate of drug-likeness (QED) is 0.873. The van der Waals surface area contributed by atoms with Crippen LogP contribution in [0.3, 0.4) is 0 Å². The molecule has 1 aromatic heterocycles. The molecule has 0 aliphatic carbocycles. The van der Waals surface area contributed by atoms with Crippen molar-refractivity contribution < 1.29 is 4.79 Å². The number of aromatic nitrogens is 1. The van der Waals surface area contributed by atoms with Crippen molar-refractivity contribution in [1.29, 1.82) is 5.26 Å². The molecule has 6 heteroatoms. The first-order valence-electron chi connectivity index (χ1n) is 6.18. The predicted molar refractivity (Wildman–Crippen MR) is 84.4 cm³/mol. The Morgan fingerprint density at radius 2 is 2.19 bits per heavy atom. The normalized spacial score (nSPS) is 11.5. The maximum Gasteiger partial charge on any atom is 0.237 e. The van der Waals surface area contributed by atoms with Crippen LogP contribution in [0.5, 0.6) is 0 Å². The second-order valence-electron chi connectivity index (χ2n) is 4.22. The number of thioether (sulfide) groups is 1. The smallest absolute Gasteiger partial charge is 0.237 e. The monoisotopic (exact) mass is 317 g/mol. The van der Waals surface area contributed by atoms with Crippen LogP contribution in [0.2, 0.25) is 5.02 Å². The highest BCUT2D eigenvalue weighted by Gasteiger charge is 2.16. The predicted octanol–water partition coefficient (Wildman–Crippen LogP) is 3.73. The van der Waals surface area contributed by atoms with E-state index in [0.29, 0.717) is 21.3 Å². The Kier molecular flexibility index (Phi) is 5.20. The molecule has 106 valence electrons. The van der Waals surface area contributed by atoms with Gasteiger partial charge in [0.15, 0.2) is 0 Å². The molecule has 1 amide bonds. The van der Waals surface area contributed by atoms with Crippen molar-refractivity contribution >= 4 is 35.0 Å². The minimum atomic E-state index is -0.359. The fraction of sp³-hybridized carbons (Fsp3) is 0.133. The minimum absolute atomic E-state index is 0.169. The Balaban J connectivity index is 2.03. The number of amides is 1. The van der Waals surface area contributed by atoms with Crippen molar-refractivity contribution in [2.45, 2.75) is 17.2 Å². The lowest BCUT2D eigenvalue weighted by atomic mass is 10.3. The number of carbonyl (C=O) groups excluding carboxylic acids is 1. The average Bonchev–Trinajstić information content (AvgIpc) is 2.49. The number of halogens is 1. The number of hydrogen-bond acceptors (Lipinski definition) is 4. The van der Waals surface area contributed by atoms with Gasteiger partial charge in [0, 0.05) is 6.20 Å². The second kappa shape index (κ2) is 7.11. The minimum Gasteiger partial charge on any atom is -0.324 e. The van der Waals surface area contributed by atoms with Crippen molar-refractivity contribution in [1.82, 2.24) is 4.98 Å². The highest BCUT2D eigenvalue weighted by Crippen LogP contribution is 2.25. The summed E-state index contributed by atoms with van der Waals surface area (Å²) in [5.41, 5.74) is 1.10. The first kappa shape index (κ1) is 15.4. The summed E-state index contributed by atoms with van der Waals surface area (Å²) in [4.78, 5) is 16.3. The maximum absolute atomic E-state index is 12.1. The van der Waals surface area contributed by atoms with Crippen molar-refractivity contribution in [3.8, 4) is 6.07 Å². The molecule has 1 heterocycles. The van der Waals surface area contributed by atoms with E-state index in [-0.39, 0.29) is 11.2 Å². The molecule has 0 fully saturated rings. The van der Waals surface area contributed by atoms with E-state index in [1.165, 1.54) is 11.8 Å². The van der Waals surface area contributed by atoms with E-state index >= 15 is 0 Å². The molecule has 2 aromatic rings. The number of anilines is 1. The third-order valence-corrected chi connectivity index (χ3v) is 4.02. The van der Waals surface area contributed by atoms with Crippen LogP contribution < -0.4 is 5.32 Å². The van der Waals surface area contributed by atoms with E-state index in [2.05, 4.69) is 10.3 Å². The van der Waals surface area contributed by atoms with Gasteiger partial charge in [-0.1, -0.05) is 35.5 Å². The Bertz CT molecular complexity index is 699. The molecular formula is C15H12ClN3OS. The van der Waals surface area contributed by atoms with Crippen LogP contribution in [0, 0.1) is 11.3 Å². The molecular weight excluding hydrogens is 306 g/mol. The van der Waals surface area contributed by atoms with Crippen molar-refractivity contribution in [3.05, 3.63) is 53.2 Å². The van der Waals surface area contributed by atoms with Crippen molar-refractivity contribution in [2.24, 2.45) is 0 Å². The molecule has 0 aliphatic rings. The van der Waals surface area contributed by atoms with Crippen LogP contribution in [-0.2, 0) is 4.79 Å². The topological polar surface area (TPSA) is 65.8 Å². The summed E-state index contributed by atoms with van der Waals surface area (Å²) in [6.45, 7) is 1.78. The van der Waals surface area contributed by atoms with Gasteiger partial charge >= 0.3 is 0 Å². The number of rotatable bonds is 4. The van der Waals surface area contributed by atoms with Gasteiger partial charge in [-0.3, -0.25) is 4.79 Å². The van der Waals surface area contributed by atoms with Gasteiger partial charge in [0.05, 0.1) is 32.6 Å². The van der Waals surface area contributed by atoms with Crippen molar-refractivity contribution in [3.63, 3.8) is 0 Å². The lowest BCUT2D eigenvalue weighted by molar-refractivity contribution is -0.115. The lowest BCUT2D eigenvalue weighted by Crippen LogP contribution is -2.22. The number of pyridine rings is 1. The largest absolute Gasteiger partial charge is 0.324 e. The molecule has 1 N–H and O–H groups in total. The van der Waals surface area contributed by atoms with Crippen LogP contribution >= 0.6 is 23.4 Å². The molecule has 0 saturated heterocycles. The van der Waals surface area contributed by atoms with Crippen LogP contribution in [0.1, 0.15) is 12.5 Å². The zero-order valence-corrected chi connectivity index (χ0v) is 12.8. The highest BCUT2D eigenvalue weighted by molar-refractivity contribution is 8.00. The summed E-state index contributed by atoms with van der Waals surface area (Å²) < 4.78 is 0. The maximum atomic E-state index is 12.1. The number of nitrogens with one attached hydrogen (secondary N) is 1. The summed E-state index contributed by atoms with van der Waals surface area (Å²) in [6.07, 6.45) is 1.56. The van der Waals surface area contributed by atoms with E-state index < -0.39 is 0 Å². The molecule has 0 saturated carbocycles. The molecule has 0 unspecified atom stereocenters. The Morgan fingerprint density at radius 3 is 2.90 bits per heavy atom. The van der Waals surface area contributed by atoms with Gasteiger partial charge < -0.3 is 5.32 Å². The summed E-state index contributed by atoms with van der Waals surface area (Å²) in [7, 11) is 0. The highest BCUT2D eigenvalue weighted by atomic mass is 35.5. The summed E-state index contributed by atoms with van der Waals surface area (Å²) in [5.74, 6) is -0.169. The zero-order valence-electron chi connectivity index (χ0n) is 11.2. The van der Waals surface area contributed by atoms with Crippen LogP contribution in [0.15, 0.2) is 47.6 Å². The number of hydrogen-bond donors (Lipinski definition) is 1. The number of benzene rings is 1. The van der Waals surface area contributed by atoms with Gasteiger partial charge in [-0.15, -0.1) is 0 Å². The molecule has 4 nitrogen and oxygen atoms in total. The first-order chi connectivity index (χ1) is 10.1. The van der Waals surface area contributed by atoms with E-state index in [1.807, 2.05) is 6.07 Å². The number of nitrogens with zero attached hydrogens (tertiary/aromatic N) is 2. The molecule has 21 heavy (non-hydrogen) atoms. The number of carbonyl (C=O) groups is 1. The van der Waals surface area contributed by atoms with E-state index in [0.717, 1.165) is 0 Å². The van der Waals surface area contributed by atoms with Crippen LogP contribution in [0.4, 0.5) is 5.69 Å². The molecule has 1 atom stereocenters. The third-order valence-electron chi connectivity index (χ3n) is 2.66. The summed E-state index contributed by atoms with van der Waals surface area (Å²) in [6, 6.07) is 12.4. The second-order valence-corrected chi connectivity index (χ2v) is 5.99. The van der Waals surface area contributed by atoms with E-state index in [1.54, 1.807) is 49.5 Å². The Morgan fingerprint density at radius 1 is 1.43 bits per heavy atom. The first-order valence-corrected chi connectivity index (χ1v) is 7.44. The molecule has 0 aliphatic heterocycles. The van der Waals surface area contributed by atoms with Crippen LogP contribution in [-0.4, -0.2) is 16.1 Å². The molecule has 1 aromatic carbocycles. The fourth-order valence-corrected chi connectivity index (χ4v) is 2.60. The van der Waals surface area contributed by atoms with Gasteiger partial charge in [-0.05, 0) is 31.2 Å². The lowest BCUT2D eigenvalue weighted by Gasteiger charge is -2.12. The standard InChI is InChI=1S/C15H12ClN3OS/c1-10(21-14-8-11(9-17)6-7-18-14)15(20)19-13-5-3-2-4-12(13)16/h2-8,10H,1H3,(H,19,20)/t10-/m0/s1. The molecule has 0 spiro atoms.